The van der Waals surface area contributed by atoms with Crippen LogP contribution in [0.25, 0.3) is 27.8 Å². The third kappa shape index (κ3) is 3.30. The van der Waals surface area contributed by atoms with E-state index in [0.717, 1.165) is 15.7 Å². The molecule has 4 aromatic rings. The van der Waals surface area contributed by atoms with Crippen LogP contribution >= 0.6 is 0 Å². The summed E-state index contributed by atoms with van der Waals surface area (Å²) in [6, 6.07) is 12.8. The molecule has 4 rings (SSSR count). The zero-order chi connectivity index (χ0) is 23.4. The number of methoxy groups -OCH3 is 1. The quantitative estimate of drug-likeness (QED) is 0.534. The number of hydrogen-bond donors (Lipinski definition) is 1. The Morgan fingerprint density at radius 1 is 0.938 bits per heavy atom. The molecule has 0 atom stereocenters. The van der Waals surface area contributed by atoms with Crippen LogP contribution in [0.2, 0.25) is 0 Å². The molecule has 0 radical (unpaired) electrons. The number of aromatic nitrogens is 3. The molecule has 0 bridgehead atoms. The summed E-state index contributed by atoms with van der Waals surface area (Å²) in [6.45, 7) is 6.29. The minimum atomic E-state index is -0.409. The number of phenols is 1. The maximum Gasteiger partial charge on any atom is 0.330 e. The lowest BCUT2D eigenvalue weighted by Crippen LogP contribution is -2.36. The minimum absolute atomic E-state index is 0.0786. The first kappa shape index (κ1) is 21.5. The van der Waals surface area contributed by atoms with Crippen LogP contribution in [0.4, 0.5) is 0 Å². The Balaban J connectivity index is 2.17. The fraction of sp³-hybridized carbons (Fsp3) is 0.280. The van der Waals surface area contributed by atoms with Crippen LogP contribution in [-0.4, -0.2) is 25.9 Å². The van der Waals surface area contributed by atoms with Crippen LogP contribution in [0.1, 0.15) is 26.3 Å². The van der Waals surface area contributed by atoms with Gasteiger partial charge in [0, 0.05) is 20.3 Å². The summed E-state index contributed by atoms with van der Waals surface area (Å²) in [5.41, 5.74) is 2.48. The van der Waals surface area contributed by atoms with Crippen molar-refractivity contribution in [2.24, 2.45) is 14.1 Å². The smallest absolute Gasteiger partial charge is 0.330 e. The highest BCUT2D eigenvalue weighted by atomic mass is 16.5. The third-order valence-electron chi connectivity index (χ3n) is 5.90. The van der Waals surface area contributed by atoms with Gasteiger partial charge in [0.05, 0.1) is 29.4 Å². The maximum atomic E-state index is 13.2. The van der Waals surface area contributed by atoms with E-state index in [4.69, 9.17) is 4.74 Å². The molecule has 0 fully saturated rings. The van der Waals surface area contributed by atoms with Gasteiger partial charge in [-0.05, 0) is 52.9 Å². The van der Waals surface area contributed by atoms with Crippen LogP contribution < -0.4 is 16.0 Å². The summed E-state index contributed by atoms with van der Waals surface area (Å²) in [5, 5.41) is 11.2. The van der Waals surface area contributed by atoms with Crippen LogP contribution in [0.5, 0.6) is 11.5 Å². The monoisotopic (exact) mass is 433 g/mol. The fourth-order valence-corrected chi connectivity index (χ4v) is 3.95. The largest absolute Gasteiger partial charge is 0.506 e. The predicted octanol–water partition coefficient (Wildman–Crippen LogP) is 3.71. The van der Waals surface area contributed by atoms with E-state index in [-0.39, 0.29) is 16.7 Å². The van der Waals surface area contributed by atoms with E-state index in [2.05, 4.69) is 20.8 Å². The molecule has 0 saturated heterocycles. The molecule has 0 aliphatic carbocycles. The van der Waals surface area contributed by atoms with Crippen molar-refractivity contribution in [3.63, 3.8) is 0 Å². The second kappa shape index (κ2) is 7.44. The van der Waals surface area contributed by atoms with Gasteiger partial charge in [-0.3, -0.25) is 13.9 Å². The fourth-order valence-electron chi connectivity index (χ4n) is 3.95. The summed E-state index contributed by atoms with van der Waals surface area (Å²) >= 11 is 0. The van der Waals surface area contributed by atoms with Crippen molar-refractivity contribution >= 4 is 10.9 Å². The van der Waals surface area contributed by atoms with Gasteiger partial charge in [-0.1, -0.05) is 26.8 Å². The first-order chi connectivity index (χ1) is 15.0. The highest BCUT2D eigenvalue weighted by Gasteiger charge is 2.23. The van der Waals surface area contributed by atoms with Crippen molar-refractivity contribution in [3.05, 3.63) is 75.1 Å². The molecule has 2 aromatic carbocycles. The summed E-state index contributed by atoms with van der Waals surface area (Å²) in [6.07, 6.45) is 1.74. The number of rotatable bonds is 3. The number of fused-ring (bicyclic) bond motifs is 1. The Morgan fingerprint density at radius 3 is 2.19 bits per heavy atom. The van der Waals surface area contributed by atoms with E-state index in [0.29, 0.717) is 28.0 Å². The van der Waals surface area contributed by atoms with Crippen molar-refractivity contribution in [3.8, 4) is 28.4 Å². The normalized spacial score (nSPS) is 11.8. The molecule has 166 valence electrons. The molecule has 0 aliphatic heterocycles. The third-order valence-corrected chi connectivity index (χ3v) is 5.90. The summed E-state index contributed by atoms with van der Waals surface area (Å²) < 4.78 is 9.62. The molecule has 2 aromatic heterocycles. The van der Waals surface area contributed by atoms with Crippen molar-refractivity contribution in [2.75, 3.05) is 7.11 Å². The molecule has 32 heavy (non-hydrogen) atoms. The minimum Gasteiger partial charge on any atom is -0.506 e. The molecular formula is C25H27N3O4. The van der Waals surface area contributed by atoms with E-state index in [1.54, 1.807) is 31.0 Å². The summed E-state index contributed by atoms with van der Waals surface area (Å²) in [7, 11) is 4.70. The molecule has 7 nitrogen and oxygen atoms in total. The predicted molar refractivity (Wildman–Crippen MR) is 126 cm³/mol. The summed E-state index contributed by atoms with van der Waals surface area (Å²) in [4.78, 5) is 25.8. The Morgan fingerprint density at radius 2 is 1.59 bits per heavy atom. The van der Waals surface area contributed by atoms with Crippen molar-refractivity contribution in [1.29, 1.82) is 0 Å². The van der Waals surface area contributed by atoms with Gasteiger partial charge >= 0.3 is 5.69 Å². The van der Waals surface area contributed by atoms with Crippen LogP contribution in [0.15, 0.2) is 58.3 Å². The average Bonchev–Trinajstić information content (AvgIpc) is 3.16. The van der Waals surface area contributed by atoms with E-state index >= 15 is 0 Å². The molecule has 2 heterocycles. The number of aryl methyl sites for hydroxylation is 1. The van der Waals surface area contributed by atoms with Crippen LogP contribution in [0, 0.1) is 0 Å². The van der Waals surface area contributed by atoms with Gasteiger partial charge < -0.3 is 14.4 Å². The zero-order valence-corrected chi connectivity index (χ0v) is 19.1. The van der Waals surface area contributed by atoms with Gasteiger partial charge in [-0.15, -0.1) is 0 Å². The number of nitrogens with zero attached hydrogens (tertiary/aromatic N) is 3. The zero-order valence-electron chi connectivity index (χ0n) is 19.1. The SMILES string of the molecule is COc1ccc(-c2c3c(=O)n(C)c(=O)n(C)c3cn2-c2cc(C(C)(C)C)ccc2O)cc1. The molecule has 0 saturated carbocycles. The van der Waals surface area contributed by atoms with Gasteiger partial charge in [-0.2, -0.15) is 0 Å². The number of benzene rings is 2. The van der Waals surface area contributed by atoms with Gasteiger partial charge in [0.1, 0.15) is 11.5 Å². The van der Waals surface area contributed by atoms with Gasteiger partial charge in [0.25, 0.3) is 5.56 Å². The van der Waals surface area contributed by atoms with Gasteiger partial charge in [-0.25, -0.2) is 4.79 Å². The number of phenolic OH excluding ortho intramolecular Hbond substituents is 1. The lowest BCUT2D eigenvalue weighted by Gasteiger charge is -2.21. The van der Waals surface area contributed by atoms with Crippen molar-refractivity contribution < 1.29 is 9.84 Å². The van der Waals surface area contributed by atoms with Crippen LogP contribution in [0.3, 0.4) is 0 Å². The lowest BCUT2D eigenvalue weighted by molar-refractivity contribution is 0.415. The molecule has 0 unspecified atom stereocenters. The maximum absolute atomic E-state index is 13.2. The molecule has 0 aliphatic rings. The van der Waals surface area contributed by atoms with Crippen molar-refractivity contribution in [2.45, 2.75) is 26.2 Å². The molecule has 0 spiro atoms. The Bertz CT molecular complexity index is 1450. The van der Waals surface area contributed by atoms with Crippen molar-refractivity contribution in [1.82, 2.24) is 13.7 Å². The van der Waals surface area contributed by atoms with E-state index in [9.17, 15) is 14.7 Å². The Kier molecular flexibility index (Phi) is 5.00. The topological polar surface area (TPSA) is 78.4 Å². The number of aromatic hydroxyl groups is 1. The molecule has 0 amide bonds. The number of ether oxygens (including phenoxy) is 1. The number of hydrogen-bond acceptors (Lipinski definition) is 4. The Labute approximate surface area is 185 Å². The first-order valence-corrected chi connectivity index (χ1v) is 10.3. The first-order valence-electron chi connectivity index (χ1n) is 10.3. The van der Waals surface area contributed by atoms with E-state index in [1.165, 1.54) is 11.6 Å². The molecular weight excluding hydrogens is 406 g/mol. The highest BCUT2D eigenvalue weighted by molar-refractivity contribution is 5.95. The Hall–Kier alpha value is -3.74. The molecule has 1 N–H and O–H groups in total. The molecule has 7 heteroatoms. The second-order valence-corrected chi connectivity index (χ2v) is 9.00. The van der Waals surface area contributed by atoms with Gasteiger partial charge in [0.2, 0.25) is 0 Å². The summed E-state index contributed by atoms with van der Waals surface area (Å²) in [5.74, 6) is 0.768. The lowest BCUT2D eigenvalue weighted by atomic mass is 9.87. The van der Waals surface area contributed by atoms with Crippen LogP contribution in [-0.2, 0) is 19.5 Å². The highest BCUT2D eigenvalue weighted by Crippen LogP contribution is 2.36. The average molecular weight is 434 g/mol. The standard InChI is InChI=1S/C25H27N3O4/c1-25(2,3)16-9-12-20(29)18(13-16)28-14-19-21(23(30)27(5)24(31)26(19)4)22(28)15-7-10-17(32-6)11-8-15/h7-14,29H,1-6H3. The van der Waals surface area contributed by atoms with Gasteiger partial charge in [0.15, 0.2) is 0 Å². The second-order valence-electron chi connectivity index (χ2n) is 9.00. The van der Waals surface area contributed by atoms with E-state index in [1.807, 2.05) is 36.4 Å². The van der Waals surface area contributed by atoms with E-state index < -0.39 is 5.69 Å².